The fraction of sp³-hybridized carbons (Fsp3) is 0.560. The second-order valence-corrected chi connectivity index (χ2v) is 9.30. The number of amides is 2. The van der Waals surface area contributed by atoms with E-state index in [0.29, 0.717) is 50.0 Å². The molecule has 10 heteroatoms. The topological polar surface area (TPSA) is 115 Å². The van der Waals surface area contributed by atoms with Crippen LogP contribution in [0.25, 0.3) is 0 Å². The molecule has 2 aromatic rings. The maximum Gasteiger partial charge on any atom is 0.227 e. The number of aryl methyl sites for hydroxylation is 1. The number of nitrogens with zero attached hydrogens (tertiary/aromatic N) is 5. The largest absolute Gasteiger partial charge is 0.367 e. The monoisotopic (exact) mass is 482 g/mol. The van der Waals surface area contributed by atoms with Crippen LogP contribution in [0.4, 0.5) is 10.1 Å². The Kier molecular flexibility index (Phi) is 7.63. The van der Waals surface area contributed by atoms with Crippen LogP contribution in [0.5, 0.6) is 0 Å². The Morgan fingerprint density at radius 2 is 1.89 bits per heavy atom. The Balaban J connectivity index is 1.33. The summed E-state index contributed by atoms with van der Waals surface area (Å²) in [5.74, 6) is 0.211. The third kappa shape index (κ3) is 5.61. The first-order valence-electron chi connectivity index (χ1n) is 12.2. The van der Waals surface area contributed by atoms with E-state index in [4.69, 9.17) is 4.52 Å². The van der Waals surface area contributed by atoms with Crippen LogP contribution in [0.3, 0.4) is 0 Å². The van der Waals surface area contributed by atoms with E-state index in [0.717, 1.165) is 38.5 Å². The molecule has 0 radical (unpaired) electrons. The van der Waals surface area contributed by atoms with E-state index in [1.165, 1.54) is 13.0 Å². The molecule has 35 heavy (non-hydrogen) atoms. The zero-order chi connectivity index (χ0) is 24.8. The molecular formula is C25H31FN6O3. The number of carbonyl (C=O) groups excluding carboxylic acids is 2. The van der Waals surface area contributed by atoms with Crippen LogP contribution in [-0.2, 0) is 21.5 Å². The zero-order valence-corrected chi connectivity index (χ0v) is 20.1. The molecule has 1 saturated carbocycles. The molecule has 2 aliphatic rings. The van der Waals surface area contributed by atoms with Crippen LogP contribution < -0.4 is 10.2 Å². The number of nitriles is 1. The number of anilines is 1. The van der Waals surface area contributed by atoms with E-state index in [1.807, 2.05) is 11.0 Å². The molecule has 1 aliphatic heterocycles. The summed E-state index contributed by atoms with van der Waals surface area (Å²) in [7, 11) is 0. The lowest BCUT2D eigenvalue weighted by Gasteiger charge is -2.36. The second-order valence-electron chi connectivity index (χ2n) is 9.30. The van der Waals surface area contributed by atoms with Crippen molar-refractivity contribution in [2.24, 2.45) is 0 Å². The van der Waals surface area contributed by atoms with E-state index in [-0.39, 0.29) is 23.8 Å². The molecular weight excluding hydrogens is 451 g/mol. The first-order valence-corrected chi connectivity index (χ1v) is 12.2. The van der Waals surface area contributed by atoms with Crippen molar-refractivity contribution in [3.63, 3.8) is 0 Å². The van der Waals surface area contributed by atoms with Gasteiger partial charge in [0.1, 0.15) is 23.0 Å². The van der Waals surface area contributed by atoms with E-state index >= 15 is 0 Å². The summed E-state index contributed by atoms with van der Waals surface area (Å²) in [4.78, 5) is 32.9. The van der Waals surface area contributed by atoms with Crippen molar-refractivity contribution in [2.75, 3.05) is 31.1 Å². The van der Waals surface area contributed by atoms with Crippen LogP contribution in [-0.4, -0.2) is 53.0 Å². The van der Waals surface area contributed by atoms with Crippen molar-refractivity contribution in [3.05, 3.63) is 41.3 Å². The van der Waals surface area contributed by atoms with E-state index < -0.39 is 11.4 Å². The minimum atomic E-state index is -0.608. The molecule has 2 fully saturated rings. The number of rotatable bonds is 6. The maximum atomic E-state index is 13.9. The summed E-state index contributed by atoms with van der Waals surface area (Å²) in [6, 6.07) is 6.53. The molecule has 4 rings (SSSR count). The number of halogens is 1. The van der Waals surface area contributed by atoms with Gasteiger partial charge >= 0.3 is 0 Å². The van der Waals surface area contributed by atoms with Crippen molar-refractivity contribution >= 4 is 17.5 Å². The van der Waals surface area contributed by atoms with Crippen molar-refractivity contribution in [1.29, 1.82) is 5.26 Å². The smallest absolute Gasteiger partial charge is 0.227 e. The minimum absolute atomic E-state index is 0.0183. The maximum absolute atomic E-state index is 13.9. The molecule has 186 valence electrons. The van der Waals surface area contributed by atoms with Gasteiger partial charge in [0.05, 0.1) is 5.69 Å². The molecule has 9 nitrogen and oxygen atoms in total. The molecule has 1 saturated heterocycles. The van der Waals surface area contributed by atoms with E-state index in [1.54, 1.807) is 17.0 Å². The summed E-state index contributed by atoms with van der Waals surface area (Å²) < 4.78 is 19.4. The van der Waals surface area contributed by atoms with Gasteiger partial charge < -0.3 is 19.6 Å². The van der Waals surface area contributed by atoms with Gasteiger partial charge in [-0.05, 0) is 25.0 Å². The van der Waals surface area contributed by atoms with Crippen LogP contribution in [0.1, 0.15) is 69.1 Å². The van der Waals surface area contributed by atoms with Gasteiger partial charge in [0.15, 0.2) is 5.82 Å². The van der Waals surface area contributed by atoms with Crippen molar-refractivity contribution in [2.45, 2.75) is 63.8 Å². The van der Waals surface area contributed by atoms with Crippen LogP contribution in [0.2, 0.25) is 0 Å². The van der Waals surface area contributed by atoms with Crippen molar-refractivity contribution < 1.29 is 18.5 Å². The lowest BCUT2D eigenvalue weighted by molar-refractivity contribution is -0.131. The van der Waals surface area contributed by atoms with Gasteiger partial charge in [0, 0.05) is 45.9 Å². The van der Waals surface area contributed by atoms with E-state index in [2.05, 4.69) is 15.5 Å². The van der Waals surface area contributed by atoms with Crippen molar-refractivity contribution in [1.82, 2.24) is 20.4 Å². The molecule has 2 heterocycles. The first-order chi connectivity index (χ1) is 16.9. The zero-order valence-electron chi connectivity index (χ0n) is 20.1. The molecule has 0 atom stereocenters. The number of hydrogen-bond donors (Lipinski definition) is 1. The number of carbonyl (C=O) groups is 2. The van der Waals surface area contributed by atoms with Crippen LogP contribution in [0, 0.1) is 17.1 Å². The Morgan fingerprint density at radius 3 is 2.54 bits per heavy atom. The van der Waals surface area contributed by atoms with Gasteiger partial charge in [-0.15, -0.1) is 0 Å². The lowest BCUT2D eigenvalue weighted by Crippen LogP contribution is -2.49. The average Bonchev–Trinajstić information content (AvgIpc) is 3.22. The minimum Gasteiger partial charge on any atom is -0.367 e. The standard InChI is InChI=1S/C25H31FN6O3/c1-18(33)29-25(11-4-2-3-5-12-25)24-28-22(35-30-24)9-10-23(34)32-15-13-31(14-16-32)21-8-6-7-20(26)19(21)17-27/h6-8H,2-5,9-16H2,1H3,(H,29,33). The van der Waals surface area contributed by atoms with Crippen LogP contribution >= 0.6 is 0 Å². The molecule has 1 aromatic carbocycles. The van der Waals surface area contributed by atoms with Gasteiger partial charge in [0.25, 0.3) is 0 Å². The van der Waals surface area contributed by atoms with Gasteiger partial charge in [-0.2, -0.15) is 10.2 Å². The fourth-order valence-electron chi connectivity index (χ4n) is 5.08. The number of aromatic nitrogens is 2. The number of hydrogen-bond acceptors (Lipinski definition) is 7. The third-order valence-electron chi connectivity index (χ3n) is 6.90. The first kappa shape index (κ1) is 24.6. The normalized spacial score (nSPS) is 18.0. The number of nitrogens with one attached hydrogen (secondary N) is 1. The molecule has 0 spiro atoms. The highest BCUT2D eigenvalue weighted by Gasteiger charge is 2.38. The molecule has 0 bridgehead atoms. The SMILES string of the molecule is CC(=O)NC1(c2noc(CCC(=O)N3CCN(c4cccc(F)c4C#N)CC3)n2)CCCCCC1. The molecule has 1 N–H and O–H groups in total. The van der Waals surface area contributed by atoms with Crippen LogP contribution in [0.15, 0.2) is 22.7 Å². The molecule has 1 aromatic heterocycles. The Bertz CT molecular complexity index is 1090. The predicted octanol–water partition coefficient (Wildman–Crippen LogP) is 3.05. The Hall–Kier alpha value is -3.48. The van der Waals surface area contributed by atoms with E-state index in [9.17, 15) is 19.2 Å². The fourth-order valence-corrected chi connectivity index (χ4v) is 5.08. The molecule has 0 unspecified atom stereocenters. The summed E-state index contributed by atoms with van der Waals surface area (Å²) in [6.45, 7) is 3.52. The quantitative estimate of drug-likeness (QED) is 0.629. The van der Waals surface area contributed by atoms with Crippen molar-refractivity contribution in [3.8, 4) is 6.07 Å². The summed E-state index contributed by atoms with van der Waals surface area (Å²) in [5, 5.41) is 16.5. The molecule has 2 amide bonds. The highest BCUT2D eigenvalue weighted by Crippen LogP contribution is 2.34. The van der Waals surface area contributed by atoms with Gasteiger partial charge in [-0.25, -0.2) is 4.39 Å². The third-order valence-corrected chi connectivity index (χ3v) is 6.90. The predicted molar refractivity (Wildman–Crippen MR) is 126 cm³/mol. The second kappa shape index (κ2) is 10.8. The summed E-state index contributed by atoms with van der Waals surface area (Å²) >= 11 is 0. The lowest BCUT2D eigenvalue weighted by atomic mass is 9.89. The summed E-state index contributed by atoms with van der Waals surface area (Å²) in [6.07, 6.45) is 6.31. The number of benzene rings is 1. The Morgan fingerprint density at radius 1 is 1.17 bits per heavy atom. The summed E-state index contributed by atoms with van der Waals surface area (Å²) in [5.41, 5.74) is -0.0151. The van der Waals surface area contributed by atoms with Gasteiger partial charge in [-0.1, -0.05) is 36.9 Å². The van der Waals surface area contributed by atoms with Gasteiger partial charge in [-0.3, -0.25) is 9.59 Å². The highest BCUT2D eigenvalue weighted by molar-refractivity contribution is 5.77. The van der Waals surface area contributed by atoms with Gasteiger partial charge in [0.2, 0.25) is 17.7 Å². The highest BCUT2D eigenvalue weighted by atomic mass is 19.1. The number of piperazine rings is 1. The molecule has 1 aliphatic carbocycles. The Labute approximate surface area is 204 Å². The average molecular weight is 483 g/mol.